The Balaban J connectivity index is 1.11. The SMILES string of the molecule is CCOC(=O)[C@H](CCCNC(=O)c1ccc(OCC2Nc3cc(Cl)c(S(N)(=O)=O)cc3S(=O)(=O)N2)cc1)N[C@@H](C)C(=O)N1C(C(=O)O)CC2CCCCC21. The van der Waals surface area contributed by atoms with Gasteiger partial charge in [-0.3, -0.25) is 19.7 Å². The van der Waals surface area contributed by atoms with Crippen LogP contribution in [0.1, 0.15) is 69.2 Å². The van der Waals surface area contributed by atoms with Gasteiger partial charge in [0.25, 0.3) is 5.91 Å². The number of primary sulfonamides is 1. The summed E-state index contributed by atoms with van der Waals surface area (Å²) < 4.78 is 62.5. The van der Waals surface area contributed by atoms with E-state index in [1.807, 2.05) is 0 Å². The van der Waals surface area contributed by atoms with Crippen molar-refractivity contribution in [2.24, 2.45) is 11.1 Å². The summed E-state index contributed by atoms with van der Waals surface area (Å²) in [4.78, 5) is 52.0. The number of esters is 1. The number of amides is 2. The topological polar surface area (TPSA) is 253 Å². The molecule has 1 saturated carbocycles. The van der Waals surface area contributed by atoms with E-state index in [-0.39, 0.29) is 59.7 Å². The number of ether oxygens (including phenoxy) is 2. The second kappa shape index (κ2) is 17.2. The average Bonchev–Trinajstić information content (AvgIpc) is 3.51. The number of rotatable bonds is 15. The molecule has 54 heavy (non-hydrogen) atoms. The van der Waals surface area contributed by atoms with Gasteiger partial charge >= 0.3 is 11.9 Å². The lowest BCUT2D eigenvalue weighted by atomic mass is 9.84. The van der Waals surface area contributed by atoms with E-state index in [1.54, 1.807) is 13.8 Å². The second-order valence-corrected chi connectivity index (χ2v) is 17.1. The van der Waals surface area contributed by atoms with E-state index in [0.717, 1.165) is 37.8 Å². The van der Waals surface area contributed by atoms with Crippen molar-refractivity contribution in [1.82, 2.24) is 20.3 Å². The van der Waals surface area contributed by atoms with Crippen LogP contribution in [0.25, 0.3) is 0 Å². The number of nitrogens with one attached hydrogen (secondary N) is 4. The number of aliphatic carboxylic acids is 1. The van der Waals surface area contributed by atoms with Crippen molar-refractivity contribution in [2.75, 3.05) is 25.1 Å². The molecule has 2 aromatic rings. The highest BCUT2D eigenvalue weighted by Crippen LogP contribution is 2.40. The monoisotopic (exact) mass is 812 g/mol. The van der Waals surface area contributed by atoms with E-state index in [9.17, 15) is 41.1 Å². The van der Waals surface area contributed by atoms with Gasteiger partial charge in [-0.2, -0.15) is 4.72 Å². The minimum absolute atomic E-state index is 0.0624. The number of nitrogens with two attached hydrogens (primary N) is 1. The van der Waals surface area contributed by atoms with Crippen LogP contribution in [0.3, 0.4) is 0 Å². The van der Waals surface area contributed by atoms with Crippen molar-refractivity contribution in [3.63, 3.8) is 0 Å². The summed E-state index contributed by atoms with van der Waals surface area (Å²) in [5, 5.41) is 23.5. The van der Waals surface area contributed by atoms with Gasteiger partial charge in [0.1, 0.15) is 40.4 Å². The Morgan fingerprint density at radius 2 is 1.83 bits per heavy atom. The third kappa shape index (κ3) is 9.61. The Hall–Kier alpha value is -4.01. The fourth-order valence-corrected chi connectivity index (χ4v) is 9.71. The number of nitrogens with zero attached hydrogens (tertiary/aromatic N) is 1. The number of likely N-dealkylation sites (tertiary alicyclic amines) is 1. The minimum atomic E-state index is -4.27. The summed E-state index contributed by atoms with van der Waals surface area (Å²) in [6, 6.07) is 5.39. The first-order valence-electron chi connectivity index (χ1n) is 17.6. The number of hydrogen-bond acceptors (Lipinski definition) is 12. The standard InChI is InChI=1S/C34H45ClN6O11S2/c1-3-51-34(46)24(38-19(2)32(43)41-26-9-5-4-7-21(26)15-27(41)33(44)45)8-6-14-37-31(42)20-10-12-22(13-11-20)52-18-30-39-25-16-23(35)28(53(36,47)48)17-29(25)54(49,50)40-30/h10-13,16-17,19,21,24,26-27,30,38-40H,3-9,14-15,18H2,1-2H3,(H,37,42)(H,44,45)(H2,36,47,48)/t19-,21?,24-,26?,27?,30?/m0/s1. The fourth-order valence-electron chi connectivity index (χ4n) is 7.23. The first-order valence-corrected chi connectivity index (χ1v) is 21.0. The van der Waals surface area contributed by atoms with Crippen molar-refractivity contribution in [1.29, 1.82) is 0 Å². The molecule has 0 aromatic heterocycles. The molecule has 2 aromatic carbocycles. The molecule has 20 heteroatoms. The molecule has 2 amide bonds. The number of carbonyl (C=O) groups is 4. The van der Waals surface area contributed by atoms with Crippen LogP contribution < -0.4 is 30.5 Å². The summed E-state index contributed by atoms with van der Waals surface area (Å²) in [5.74, 6) is -1.85. The molecule has 5 rings (SSSR count). The van der Waals surface area contributed by atoms with Crippen molar-refractivity contribution in [2.45, 2.75) is 98.9 Å². The summed E-state index contributed by atoms with van der Waals surface area (Å²) >= 11 is 6.03. The Bertz CT molecular complexity index is 1970. The highest BCUT2D eigenvalue weighted by Gasteiger charge is 2.48. The van der Waals surface area contributed by atoms with Crippen LogP contribution in [-0.2, 0) is 39.2 Å². The van der Waals surface area contributed by atoms with E-state index in [4.69, 9.17) is 26.2 Å². The zero-order chi connectivity index (χ0) is 39.4. The molecule has 0 spiro atoms. The van der Waals surface area contributed by atoms with Crippen LogP contribution in [0.4, 0.5) is 5.69 Å². The molecule has 6 atom stereocenters. The van der Waals surface area contributed by atoms with Crippen LogP contribution in [0.2, 0.25) is 5.02 Å². The van der Waals surface area contributed by atoms with E-state index < -0.39 is 67.1 Å². The number of fused-ring (bicyclic) bond motifs is 2. The third-order valence-electron chi connectivity index (χ3n) is 9.77. The summed E-state index contributed by atoms with van der Waals surface area (Å²) in [5.41, 5.74) is 0.374. The maximum Gasteiger partial charge on any atom is 0.326 e. The second-order valence-electron chi connectivity index (χ2n) is 13.5. The van der Waals surface area contributed by atoms with Gasteiger partial charge < -0.3 is 30.1 Å². The number of halogens is 1. The van der Waals surface area contributed by atoms with Gasteiger partial charge in [-0.1, -0.05) is 24.4 Å². The number of sulfonamides is 2. The molecule has 3 aliphatic rings. The molecule has 7 N–H and O–H groups in total. The van der Waals surface area contributed by atoms with E-state index in [2.05, 4.69) is 20.7 Å². The smallest absolute Gasteiger partial charge is 0.326 e. The first-order chi connectivity index (χ1) is 25.5. The summed E-state index contributed by atoms with van der Waals surface area (Å²) in [6.07, 6.45) is 3.68. The highest BCUT2D eigenvalue weighted by molar-refractivity contribution is 7.90. The van der Waals surface area contributed by atoms with E-state index in [1.165, 1.54) is 29.2 Å². The lowest BCUT2D eigenvalue weighted by Gasteiger charge is -2.35. The minimum Gasteiger partial charge on any atom is -0.490 e. The lowest BCUT2D eigenvalue weighted by Crippen LogP contribution is -2.55. The van der Waals surface area contributed by atoms with Crippen molar-refractivity contribution >= 4 is 61.1 Å². The van der Waals surface area contributed by atoms with Gasteiger partial charge in [-0.25, -0.2) is 26.8 Å². The predicted molar refractivity (Wildman–Crippen MR) is 196 cm³/mol. The molecule has 1 saturated heterocycles. The molecule has 4 unspecified atom stereocenters. The molecule has 296 valence electrons. The molecule has 0 bridgehead atoms. The zero-order valence-electron chi connectivity index (χ0n) is 29.7. The third-order valence-corrected chi connectivity index (χ3v) is 12.7. The number of benzene rings is 2. The molecule has 2 aliphatic heterocycles. The number of carboxylic acid groups (broad SMARTS) is 1. The van der Waals surface area contributed by atoms with Crippen LogP contribution >= 0.6 is 11.6 Å². The van der Waals surface area contributed by atoms with Crippen molar-refractivity contribution in [3.8, 4) is 5.75 Å². The lowest BCUT2D eigenvalue weighted by molar-refractivity contribution is -0.152. The van der Waals surface area contributed by atoms with Gasteiger partial charge in [0.05, 0.1) is 23.4 Å². The highest BCUT2D eigenvalue weighted by atomic mass is 35.5. The van der Waals surface area contributed by atoms with Crippen molar-refractivity contribution in [3.05, 3.63) is 47.0 Å². The fraction of sp³-hybridized carbons (Fsp3) is 0.529. The van der Waals surface area contributed by atoms with Gasteiger partial charge in [0.15, 0.2) is 0 Å². The normalized spacial score (nSPS) is 22.9. The zero-order valence-corrected chi connectivity index (χ0v) is 32.1. The van der Waals surface area contributed by atoms with Gasteiger partial charge in [0, 0.05) is 18.2 Å². The molecule has 1 aliphatic carbocycles. The van der Waals surface area contributed by atoms with Crippen LogP contribution in [0.5, 0.6) is 5.75 Å². The molecule has 0 radical (unpaired) electrons. The maximum absolute atomic E-state index is 13.6. The Labute approximate surface area is 318 Å². The van der Waals surface area contributed by atoms with Gasteiger partial charge in [0.2, 0.25) is 26.0 Å². The number of carboxylic acids is 1. The van der Waals surface area contributed by atoms with Gasteiger partial charge in [-0.15, -0.1) is 0 Å². The number of carbonyl (C=O) groups excluding carboxylic acids is 3. The Kier molecular flexibility index (Phi) is 13.1. The van der Waals surface area contributed by atoms with Gasteiger partial charge in [-0.05, 0) is 88.3 Å². The average molecular weight is 813 g/mol. The van der Waals surface area contributed by atoms with Crippen LogP contribution in [0.15, 0.2) is 46.2 Å². The Morgan fingerprint density at radius 3 is 2.50 bits per heavy atom. The Morgan fingerprint density at radius 1 is 1.13 bits per heavy atom. The molecular weight excluding hydrogens is 768 g/mol. The van der Waals surface area contributed by atoms with Crippen LogP contribution in [0, 0.1) is 5.92 Å². The predicted octanol–water partition coefficient (Wildman–Crippen LogP) is 1.76. The number of hydrogen-bond donors (Lipinski definition) is 6. The molecule has 17 nitrogen and oxygen atoms in total. The quantitative estimate of drug-likeness (QED) is 0.111. The molecule has 2 heterocycles. The maximum atomic E-state index is 13.6. The summed E-state index contributed by atoms with van der Waals surface area (Å²) in [6.45, 7) is 3.44. The molecule has 2 fully saturated rings. The number of anilines is 1. The van der Waals surface area contributed by atoms with E-state index in [0.29, 0.717) is 24.2 Å². The van der Waals surface area contributed by atoms with Crippen molar-refractivity contribution < 1.29 is 50.6 Å². The summed E-state index contributed by atoms with van der Waals surface area (Å²) in [7, 11) is -8.42. The van der Waals surface area contributed by atoms with E-state index >= 15 is 0 Å². The first kappa shape index (κ1) is 41.2. The largest absolute Gasteiger partial charge is 0.490 e. The molecular formula is C34H45ClN6O11S2. The van der Waals surface area contributed by atoms with Crippen LogP contribution in [-0.4, -0.2) is 101 Å².